The van der Waals surface area contributed by atoms with Gasteiger partial charge >= 0.3 is 5.97 Å². The fourth-order valence-corrected chi connectivity index (χ4v) is 6.57. The molecule has 2 saturated carbocycles. The van der Waals surface area contributed by atoms with Crippen molar-refractivity contribution in [3.05, 3.63) is 34.9 Å². The highest BCUT2D eigenvalue weighted by atomic mass is 16.5. The number of esters is 1. The third kappa shape index (κ3) is 3.04. The molecule has 1 aromatic rings. The first-order chi connectivity index (χ1) is 14.4. The molecule has 1 heterocycles. The van der Waals surface area contributed by atoms with Gasteiger partial charge in [-0.2, -0.15) is 0 Å². The predicted molar refractivity (Wildman–Crippen MR) is 113 cm³/mol. The zero-order chi connectivity index (χ0) is 21.1. The lowest BCUT2D eigenvalue weighted by Crippen LogP contribution is -2.74. The van der Waals surface area contributed by atoms with Crippen LogP contribution in [0.4, 0.5) is 0 Å². The molecule has 162 valence electrons. The van der Waals surface area contributed by atoms with E-state index in [9.17, 15) is 14.7 Å². The number of rotatable bonds is 5. The molecule has 0 unspecified atom stereocenters. The summed E-state index contributed by atoms with van der Waals surface area (Å²) in [4.78, 5) is 27.9. The second-order valence-electron chi connectivity index (χ2n) is 10.1. The number of hydrogen-bond donors (Lipinski definition) is 1. The molecular formula is C25H33NO4. The Hall–Kier alpha value is -1.72. The van der Waals surface area contributed by atoms with Crippen molar-refractivity contribution < 1.29 is 19.4 Å². The minimum atomic E-state index is -0.980. The third-order valence-corrected chi connectivity index (χ3v) is 8.24. The number of fused-ring (bicyclic) bond motifs is 1. The number of hydrogen-bond acceptors (Lipinski definition) is 5. The van der Waals surface area contributed by atoms with Crippen molar-refractivity contribution in [3.63, 3.8) is 0 Å². The van der Waals surface area contributed by atoms with Gasteiger partial charge in [-0.1, -0.05) is 23.8 Å². The Morgan fingerprint density at radius 3 is 2.87 bits per heavy atom. The van der Waals surface area contributed by atoms with Crippen LogP contribution in [0.15, 0.2) is 18.2 Å². The van der Waals surface area contributed by atoms with E-state index < -0.39 is 16.9 Å². The van der Waals surface area contributed by atoms with Crippen LogP contribution in [0.2, 0.25) is 0 Å². The molecule has 5 heteroatoms. The maximum Gasteiger partial charge on any atom is 0.306 e. The standard InChI is InChI=1S/C25H33NO4/c1-3-30-23(28)12-19-13-25(29)22-11-18-7-4-16(2)10-20(18)24(25,14-21(19)27)8-9-26(22)15-17-5-6-17/h4,7,10,17,19,22,29H,3,5-6,8-9,11-15H2,1-2H3/t19-,22+,24+,25+/m0/s1. The van der Waals surface area contributed by atoms with Crippen molar-refractivity contribution >= 4 is 11.8 Å². The zero-order valence-electron chi connectivity index (χ0n) is 18.2. The van der Waals surface area contributed by atoms with Gasteiger partial charge in [0.2, 0.25) is 0 Å². The van der Waals surface area contributed by atoms with Crippen LogP contribution < -0.4 is 0 Å². The van der Waals surface area contributed by atoms with Gasteiger partial charge in [-0.3, -0.25) is 14.5 Å². The SMILES string of the molecule is CCOC(=O)C[C@H]1C[C@@]2(O)[C@H]3Cc4ccc(C)cc4[C@@]2(CCN3CC2CC2)CC1=O. The fourth-order valence-electron chi connectivity index (χ4n) is 6.57. The van der Waals surface area contributed by atoms with Gasteiger partial charge in [-0.05, 0) is 69.5 Å². The van der Waals surface area contributed by atoms with Gasteiger partial charge in [-0.15, -0.1) is 0 Å². The number of ketones is 1. The van der Waals surface area contributed by atoms with Gasteiger partial charge in [0.25, 0.3) is 0 Å². The van der Waals surface area contributed by atoms with Gasteiger partial charge in [0, 0.05) is 30.3 Å². The maximum atomic E-state index is 13.3. The lowest BCUT2D eigenvalue weighted by Gasteiger charge is -2.64. The van der Waals surface area contributed by atoms with Gasteiger partial charge in [0.15, 0.2) is 0 Å². The Bertz CT molecular complexity index is 878. The highest BCUT2D eigenvalue weighted by molar-refractivity contribution is 5.88. The minimum Gasteiger partial charge on any atom is -0.466 e. The molecule has 1 aromatic carbocycles. The zero-order valence-corrected chi connectivity index (χ0v) is 18.2. The van der Waals surface area contributed by atoms with Crippen molar-refractivity contribution in [1.29, 1.82) is 0 Å². The average Bonchev–Trinajstić information content (AvgIpc) is 3.50. The number of likely N-dealkylation sites (tertiary alicyclic amines) is 1. The van der Waals surface area contributed by atoms with Gasteiger partial charge < -0.3 is 9.84 Å². The van der Waals surface area contributed by atoms with E-state index in [1.54, 1.807) is 6.92 Å². The van der Waals surface area contributed by atoms with Gasteiger partial charge in [-0.25, -0.2) is 0 Å². The number of carbonyl (C=O) groups excluding carboxylic acids is 2. The molecule has 5 rings (SSSR count). The van der Waals surface area contributed by atoms with Crippen molar-refractivity contribution in [2.24, 2.45) is 11.8 Å². The Morgan fingerprint density at radius 2 is 2.13 bits per heavy atom. The van der Waals surface area contributed by atoms with E-state index in [0.717, 1.165) is 31.8 Å². The van der Waals surface area contributed by atoms with E-state index in [2.05, 4.69) is 30.0 Å². The van der Waals surface area contributed by atoms with E-state index in [-0.39, 0.29) is 24.2 Å². The van der Waals surface area contributed by atoms with E-state index in [4.69, 9.17) is 4.74 Å². The molecule has 0 spiro atoms. The first kappa shape index (κ1) is 20.2. The first-order valence-electron chi connectivity index (χ1n) is 11.6. The van der Waals surface area contributed by atoms with Gasteiger partial charge in [0.05, 0.1) is 18.6 Å². The molecule has 1 saturated heterocycles. The molecule has 1 aliphatic heterocycles. The van der Waals surface area contributed by atoms with E-state index >= 15 is 0 Å². The van der Waals surface area contributed by atoms with Crippen molar-refractivity contribution in [2.45, 2.75) is 75.9 Å². The molecule has 4 atom stereocenters. The lowest BCUT2D eigenvalue weighted by molar-refractivity contribution is -0.184. The fraction of sp³-hybridized carbons (Fsp3) is 0.680. The molecule has 2 bridgehead atoms. The van der Waals surface area contributed by atoms with Crippen LogP contribution in [0.3, 0.4) is 0 Å². The number of piperidine rings is 1. The van der Waals surface area contributed by atoms with Crippen LogP contribution in [0.5, 0.6) is 0 Å². The molecule has 3 fully saturated rings. The largest absolute Gasteiger partial charge is 0.466 e. The highest BCUT2D eigenvalue weighted by Crippen LogP contribution is 2.59. The topological polar surface area (TPSA) is 66.8 Å². The second-order valence-corrected chi connectivity index (χ2v) is 10.1. The summed E-state index contributed by atoms with van der Waals surface area (Å²) < 4.78 is 5.13. The van der Waals surface area contributed by atoms with Gasteiger partial charge in [0.1, 0.15) is 5.78 Å². The molecule has 4 aliphatic rings. The van der Waals surface area contributed by atoms with Crippen LogP contribution in [0.25, 0.3) is 0 Å². The van der Waals surface area contributed by atoms with E-state index in [0.29, 0.717) is 19.4 Å². The molecular weight excluding hydrogens is 378 g/mol. The van der Waals surface area contributed by atoms with Crippen molar-refractivity contribution in [3.8, 4) is 0 Å². The number of aliphatic hydroxyl groups is 1. The number of benzene rings is 1. The normalized spacial score (nSPS) is 35.5. The maximum absolute atomic E-state index is 13.3. The summed E-state index contributed by atoms with van der Waals surface area (Å²) in [5, 5.41) is 12.4. The monoisotopic (exact) mass is 411 g/mol. The second kappa shape index (κ2) is 7.16. The Balaban J connectivity index is 1.55. The summed E-state index contributed by atoms with van der Waals surface area (Å²) in [5.41, 5.74) is 2.12. The third-order valence-electron chi connectivity index (χ3n) is 8.24. The number of Topliss-reactive ketones (excluding diaryl/α,β-unsaturated/α-hetero) is 1. The summed E-state index contributed by atoms with van der Waals surface area (Å²) in [7, 11) is 0. The molecule has 1 N–H and O–H groups in total. The lowest BCUT2D eigenvalue weighted by atomic mass is 9.47. The number of nitrogens with zero attached hydrogens (tertiary/aromatic N) is 1. The first-order valence-corrected chi connectivity index (χ1v) is 11.6. The summed E-state index contributed by atoms with van der Waals surface area (Å²) in [6, 6.07) is 6.57. The summed E-state index contributed by atoms with van der Waals surface area (Å²) in [6.45, 7) is 6.16. The molecule has 0 aromatic heterocycles. The smallest absolute Gasteiger partial charge is 0.306 e. The van der Waals surface area contributed by atoms with Crippen LogP contribution in [-0.4, -0.2) is 53.1 Å². The highest BCUT2D eigenvalue weighted by Gasteiger charge is 2.66. The quantitative estimate of drug-likeness (QED) is 0.755. The van der Waals surface area contributed by atoms with Crippen LogP contribution >= 0.6 is 0 Å². The number of ether oxygens (including phenoxy) is 1. The number of carbonyl (C=O) groups is 2. The molecule has 0 radical (unpaired) electrons. The number of aryl methyl sites for hydroxylation is 1. The molecule has 0 amide bonds. The van der Waals surface area contributed by atoms with Crippen molar-refractivity contribution in [2.75, 3.05) is 19.7 Å². The molecule has 30 heavy (non-hydrogen) atoms. The van der Waals surface area contributed by atoms with Crippen molar-refractivity contribution in [1.82, 2.24) is 4.90 Å². The molecule has 5 nitrogen and oxygen atoms in total. The predicted octanol–water partition coefficient (Wildman–Crippen LogP) is 2.94. The summed E-state index contributed by atoms with van der Waals surface area (Å²) in [6.07, 6.45) is 4.98. The summed E-state index contributed by atoms with van der Waals surface area (Å²) in [5.74, 6) is 0.0805. The Labute approximate surface area is 178 Å². The van der Waals surface area contributed by atoms with E-state index in [1.165, 1.54) is 29.5 Å². The van der Waals surface area contributed by atoms with Crippen LogP contribution in [0.1, 0.15) is 62.1 Å². The van der Waals surface area contributed by atoms with Crippen LogP contribution in [-0.2, 0) is 26.2 Å². The average molecular weight is 412 g/mol. The Morgan fingerprint density at radius 1 is 1.33 bits per heavy atom. The van der Waals surface area contributed by atoms with E-state index in [1.807, 2.05) is 0 Å². The van der Waals surface area contributed by atoms with Crippen LogP contribution in [0, 0.1) is 18.8 Å². The molecule has 3 aliphatic carbocycles. The Kier molecular flexibility index (Phi) is 4.82. The minimum absolute atomic E-state index is 0.0138. The summed E-state index contributed by atoms with van der Waals surface area (Å²) >= 11 is 0.